The molecule has 0 saturated heterocycles. The van der Waals surface area contributed by atoms with Gasteiger partial charge < -0.3 is 27.3 Å². The van der Waals surface area contributed by atoms with Crippen molar-refractivity contribution in [2.45, 2.75) is 33.2 Å². The van der Waals surface area contributed by atoms with Crippen LogP contribution in [0, 0.1) is 18.7 Å². The summed E-state index contributed by atoms with van der Waals surface area (Å²) in [5.41, 5.74) is 6.86. The molecule has 5 nitrogen and oxygen atoms in total. The number of aryl methyl sites for hydroxylation is 1. The van der Waals surface area contributed by atoms with Gasteiger partial charge in [0.15, 0.2) is 0 Å². The van der Waals surface area contributed by atoms with E-state index >= 15 is 0 Å². The number of nitrogens with two attached hydrogens (primary N) is 1. The lowest BCUT2D eigenvalue weighted by Gasteiger charge is -2.13. The summed E-state index contributed by atoms with van der Waals surface area (Å²) in [6.45, 7) is 5.61. The Morgan fingerprint density at radius 2 is 1.83 bits per heavy atom. The summed E-state index contributed by atoms with van der Waals surface area (Å²) in [6, 6.07) is 9.51. The van der Waals surface area contributed by atoms with Gasteiger partial charge in [-0.25, -0.2) is 9.18 Å². The quantitative estimate of drug-likeness (QED) is 0.497. The number of esters is 1. The van der Waals surface area contributed by atoms with Gasteiger partial charge in [-0.05, 0) is 49.1 Å². The van der Waals surface area contributed by atoms with Crippen molar-refractivity contribution in [3.63, 3.8) is 0 Å². The second-order valence-corrected chi connectivity index (χ2v) is 7.18. The van der Waals surface area contributed by atoms with Crippen LogP contribution in [0.5, 0.6) is 5.75 Å². The topological polar surface area (TPSA) is 82.5 Å². The monoisotopic (exact) mass is 418 g/mol. The number of fused-ring (bicyclic) bond motifs is 1. The molecule has 0 spiro atoms. The summed E-state index contributed by atoms with van der Waals surface area (Å²) in [5.74, 6) is 0.00588. The average Bonchev–Trinajstić information content (AvgIpc) is 2.62. The zero-order valence-electron chi connectivity index (χ0n) is 16.4. The Hall–Kier alpha value is -2.70. The molecule has 7 heteroatoms. The highest BCUT2D eigenvalue weighted by Gasteiger charge is 2.19. The highest BCUT2D eigenvalue weighted by Crippen LogP contribution is 2.26. The minimum Gasteiger partial charge on any atom is -1.00 e. The summed E-state index contributed by atoms with van der Waals surface area (Å²) in [7, 11) is 0. The molecule has 154 valence electrons. The van der Waals surface area contributed by atoms with E-state index in [1.807, 2.05) is 13.8 Å². The third kappa shape index (κ3) is 5.02. The predicted octanol–water partition coefficient (Wildman–Crippen LogP) is 1.19. The molecule has 1 heterocycles. The first-order chi connectivity index (χ1) is 13.3. The van der Waals surface area contributed by atoms with Gasteiger partial charge in [-0.15, -0.1) is 0 Å². The molecule has 0 aliphatic heterocycles. The van der Waals surface area contributed by atoms with Crippen molar-refractivity contribution < 1.29 is 30.7 Å². The Morgan fingerprint density at radius 1 is 1.17 bits per heavy atom. The molecule has 3 rings (SSSR count). The van der Waals surface area contributed by atoms with Gasteiger partial charge in [0.05, 0.1) is 10.9 Å². The van der Waals surface area contributed by atoms with Crippen molar-refractivity contribution in [2.24, 2.45) is 11.7 Å². The van der Waals surface area contributed by atoms with E-state index < -0.39 is 12.0 Å². The first kappa shape index (κ1) is 22.6. The van der Waals surface area contributed by atoms with Gasteiger partial charge >= 0.3 is 5.97 Å². The van der Waals surface area contributed by atoms with Gasteiger partial charge in [0.1, 0.15) is 29.0 Å². The molecule has 0 fully saturated rings. The third-order valence-electron chi connectivity index (χ3n) is 4.42. The molecule has 0 bridgehead atoms. The van der Waals surface area contributed by atoms with Crippen molar-refractivity contribution in [3.05, 3.63) is 64.3 Å². The van der Waals surface area contributed by atoms with Gasteiger partial charge in [-0.3, -0.25) is 4.79 Å². The normalized spacial score (nSPS) is 11.9. The maximum absolute atomic E-state index is 13.2. The minimum atomic E-state index is -0.717. The average molecular weight is 419 g/mol. The fourth-order valence-corrected chi connectivity index (χ4v) is 3.10. The summed E-state index contributed by atoms with van der Waals surface area (Å²) < 4.78 is 24.3. The second-order valence-electron chi connectivity index (χ2n) is 7.18. The first-order valence-corrected chi connectivity index (χ1v) is 9.07. The summed E-state index contributed by atoms with van der Waals surface area (Å²) >= 11 is 0. The van der Waals surface area contributed by atoms with Crippen LogP contribution in [-0.4, -0.2) is 12.0 Å². The van der Waals surface area contributed by atoms with Crippen LogP contribution in [0.4, 0.5) is 4.39 Å². The van der Waals surface area contributed by atoms with E-state index in [9.17, 15) is 14.0 Å². The number of hydrogen-bond donors (Lipinski definition) is 1. The number of benzene rings is 2. The second kappa shape index (κ2) is 9.20. The summed E-state index contributed by atoms with van der Waals surface area (Å²) in [5, 5.41) is 0.344. The molecule has 29 heavy (non-hydrogen) atoms. The molecule has 2 aromatic carbocycles. The summed E-state index contributed by atoms with van der Waals surface area (Å²) in [4.78, 5) is 25.0. The number of ether oxygens (including phenoxy) is 1. The van der Waals surface area contributed by atoms with Gasteiger partial charge in [0.25, 0.3) is 0 Å². The lowest BCUT2D eigenvalue weighted by molar-refractivity contribution is -0.136. The Labute approximate surface area is 174 Å². The van der Waals surface area contributed by atoms with Crippen molar-refractivity contribution in [3.8, 4) is 16.9 Å². The fraction of sp³-hybridized carbons (Fsp3) is 0.273. The molecule has 1 aromatic heterocycles. The van der Waals surface area contributed by atoms with Crippen LogP contribution in [-0.2, 0) is 4.79 Å². The Kier molecular flexibility index (Phi) is 7.16. The molecular formula is C22H22ClFNO4-. The van der Waals surface area contributed by atoms with E-state index in [1.54, 1.807) is 13.0 Å². The van der Waals surface area contributed by atoms with Crippen LogP contribution in [0.3, 0.4) is 0 Å². The Balaban J connectivity index is 0.00000300. The summed E-state index contributed by atoms with van der Waals surface area (Å²) in [6.07, 6.45) is 0.516. The van der Waals surface area contributed by atoms with Crippen molar-refractivity contribution >= 4 is 16.9 Å². The Bertz CT molecular complexity index is 1080. The van der Waals surface area contributed by atoms with E-state index in [4.69, 9.17) is 14.9 Å². The number of halogens is 2. The zero-order valence-corrected chi connectivity index (χ0v) is 17.1. The number of carbonyl (C=O) groups is 1. The van der Waals surface area contributed by atoms with Gasteiger partial charge in [0.2, 0.25) is 5.43 Å². The van der Waals surface area contributed by atoms with E-state index in [2.05, 4.69) is 0 Å². The van der Waals surface area contributed by atoms with Gasteiger partial charge in [-0.2, -0.15) is 0 Å². The van der Waals surface area contributed by atoms with E-state index in [-0.39, 0.29) is 35.3 Å². The van der Waals surface area contributed by atoms with Crippen molar-refractivity contribution in [1.82, 2.24) is 0 Å². The van der Waals surface area contributed by atoms with Crippen LogP contribution in [0.1, 0.15) is 26.0 Å². The smallest absolute Gasteiger partial charge is 0.328 e. The number of carbonyl (C=O) groups excluding carboxylic acids is 1. The maximum Gasteiger partial charge on any atom is 0.328 e. The number of rotatable bonds is 5. The molecule has 1 unspecified atom stereocenters. The minimum absolute atomic E-state index is 0. The van der Waals surface area contributed by atoms with Crippen LogP contribution < -0.4 is 28.3 Å². The van der Waals surface area contributed by atoms with Crippen LogP contribution in [0.25, 0.3) is 22.1 Å². The van der Waals surface area contributed by atoms with Crippen molar-refractivity contribution in [2.75, 3.05) is 0 Å². The highest BCUT2D eigenvalue weighted by molar-refractivity contribution is 5.85. The van der Waals surface area contributed by atoms with E-state index in [0.29, 0.717) is 34.3 Å². The fourth-order valence-electron chi connectivity index (χ4n) is 3.10. The molecule has 2 N–H and O–H groups in total. The van der Waals surface area contributed by atoms with E-state index in [0.717, 1.165) is 0 Å². The molecule has 0 amide bonds. The molecule has 1 atom stereocenters. The molecule has 0 saturated carbocycles. The lowest BCUT2D eigenvalue weighted by Crippen LogP contribution is -3.00. The van der Waals surface area contributed by atoms with Crippen molar-refractivity contribution in [1.29, 1.82) is 0 Å². The standard InChI is InChI=1S/C22H22FNO4.ClH/c1-12(2)10-18(24)22(26)28-16-8-9-17-19(11-16)27-13(3)20(21(17)25)14-4-6-15(23)7-5-14;/h4-9,11-12,18H,10,24H2,1-3H3;1H/p-1. The molecule has 0 radical (unpaired) electrons. The molecular weight excluding hydrogens is 397 g/mol. The maximum atomic E-state index is 13.2. The predicted molar refractivity (Wildman–Crippen MR) is 106 cm³/mol. The lowest BCUT2D eigenvalue weighted by atomic mass is 10.0. The largest absolute Gasteiger partial charge is 1.00 e. The number of hydrogen-bond acceptors (Lipinski definition) is 5. The highest BCUT2D eigenvalue weighted by atomic mass is 35.5. The van der Waals surface area contributed by atoms with Crippen LogP contribution in [0.15, 0.2) is 51.7 Å². The van der Waals surface area contributed by atoms with E-state index in [1.165, 1.54) is 36.4 Å². The van der Waals surface area contributed by atoms with Gasteiger partial charge in [-0.1, -0.05) is 26.0 Å². The first-order valence-electron chi connectivity index (χ1n) is 9.07. The van der Waals surface area contributed by atoms with Crippen LogP contribution in [0.2, 0.25) is 0 Å². The molecule has 0 aliphatic carbocycles. The zero-order chi connectivity index (χ0) is 20.4. The molecule has 3 aromatic rings. The van der Waals surface area contributed by atoms with Crippen LogP contribution >= 0.6 is 0 Å². The SMILES string of the molecule is Cc1oc2cc(OC(=O)C(N)CC(C)C)ccc2c(=O)c1-c1ccc(F)cc1.[Cl-]. The van der Waals surface area contributed by atoms with Gasteiger partial charge in [0, 0.05) is 6.07 Å². The Morgan fingerprint density at radius 3 is 2.45 bits per heavy atom. The third-order valence-corrected chi connectivity index (χ3v) is 4.42. The molecule has 0 aliphatic rings.